The minimum absolute atomic E-state index is 0. The lowest BCUT2D eigenvalue weighted by Crippen LogP contribution is -2.38. The number of hydrogen-bond donors (Lipinski definition) is 3. The third-order valence-electron chi connectivity index (χ3n) is 4.48. The molecule has 1 aliphatic carbocycles. The van der Waals surface area contributed by atoms with Crippen molar-refractivity contribution in [3.8, 4) is 5.75 Å². The van der Waals surface area contributed by atoms with Crippen LogP contribution in [0.1, 0.15) is 35.1 Å². The van der Waals surface area contributed by atoms with E-state index in [1.165, 1.54) is 15.3 Å². The van der Waals surface area contributed by atoms with Crippen molar-refractivity contribution in [3.05, 3.63) is 51.7 Å². The van der Waals surface area contributed by atoms with E-state index in [1.807, 2.05) is 24.3 Å². The number of rotatable bonds is 10. The van der Waals surface area contributed by atoms with Crippen molar-refractivity contribution in [1.29, 1.82) is 0 Å². The predicted octanol–water partition coefficient (Wildman–Crippen LogP) is 3.63. The summed E-state index contributed by atoms with van der Waals surface area (Å²) in [5.74, 6) is 1.50. The molecule has 1 saturated carbocycles. The first kappa shape index (κ1) is 24.5. The van der Waals surface area contributed by atoms with Crippen molar-refractivity contribution in [1.82, 2.24) is 16.0 Å². The first-order valence-electron chi connectivity index (χ1n) is 10.2. The van der Waals surface area contributed by atoms with Crippen LogP contribution in [0.5, 0.6) is 5.75 Å². The largest absolute Gasteiger partial charge is 0.484 e. The molecular formula is C22H31IN4O2S. The van der Waals surface area contributed by atoms with E-state index in [2.05, 4.69) is 46.9 Å². The first-order chi connectivity index (χ1) is 14.1. The number of ether oxygens (including phenoxy) is 1. The Hall–Kier alpha value is -1.81. The van der Waals surface area contributed by atoms with Gasteiger partial charge >= 0.3 is 0 Å². The molecule has 30 heavy (non-hydrogen) atoms. The van der Waals surface area contributed by atoms with Gasteiger partial charge in [0.1, 0.15) is 5.75 Å². The minimum atomic E-state index is -0.0475. The molecule has 1 heterocycles. The number of benzene rings is 1. The fourth-order valence-electron chi connectivity index (χ4n) is 2.79. The second kappa shape index (κ2) is 12.8. The number of carbonyl (C=O) groups excluding carboxylic acids is 1. The van der Waals surface area contributed by atoms with Crippen LogP contribution in [-0.2, 0) is 17.8 Å². The van der Waals surface area contributed by atoms with Crippen LogP contribution >= 0.6 is 35.3 Å². The van der Waals surface area contributed by atoms with E-state index in [0.717, 1.165) is 38.3 Å². The van der Waals surface area contributed by atoms with Gasteiger partial charge in [0.15, 0.2) is 12.6 Å². The molecule has 0 atom stereocenters. The van der Waals surface area contributed by atoms with Crippen molar-refractivity contribution >= 4 is 47.2 Å². The Morgan fingerprint density at radius 3 is 2.57 bits per heavy atom. The smallest absolute Gasteiger partial charge is 0.258 e. The number of carbonyl (C=O) groups is 1. The Morgan fingerprint density at radius 1 is 1.17 bits per heavy atom. The van der Waals surface area contributed by atoms with Crippen LogP contribution in [0, 0.1) is 6.92 Å². The minimum Gasteiger partial charge on any atom is -0.484 e. The van der Waals surface area contributed by atoms with Gasteiger partial charge in [0.2, 0.25) is 0 Å². The van der Waals surface area contributed by atoms with Crippen LogP contribution in [0.3, 0.4) is 0 Å². The first-order valence-corrected chi connectivity index (χ1v) is 11.0. The Labute approximate surface area is 199 Å². The van der Waals surface area contributed by atoms with Crippen molar-refractivity contribution < 1.29 is 9.53 Å². The van der Waals surface area contributed by atoms with Gasteiger partial charge < -0.3 is 20.7 Å². The van der Waals surface area contributed by atoms with Crippen LogP contribution < -0.4 is 20.7 Å². The van der Waals surface area contributed by atoms with Gasteiger partial charge in [0.05, 0.1) is 6.54 Å². The molecule has 0 aliphatic heterocycles. The summed E-state index contributed by atoms with van der Waals surface area (Å²) in [6.45, 7) is 6.56. The quantitative estimate of drug-likeness (QED) is 0.244. The molecule has 164 valence electrons. The van der Waals surface area contributed by atoms with E-state index in [4.69, 9.17) is 4.74 Å². The highest BCUT2D eigenvalue weighted by Gasteiger charge is 2.23. The lowest BCUT2D eigenvalue weighted by atomic mass is 10.1. The van der Waals surface area contributed by atoms with E-state index >= 15 is 0 Å². The average molecular weight is 542 g/mol. The Morgan fingerprint density at radius 2 is 1.93 bits per heavy atom. The molecule has 2 aromatic rings. The van der Waals surface area contributed by atoms with Gasteiger partial charge in [-0.15, -0.1) is 35.3 Å². The van der Waals surface area contributed by atoms with Crippen LogP contribution in [0.15, 0.2) is 41.4 Å². The van der Waals surface area contributed by atoms with E-state index in [-0.39, 0.29) is 36.5 Å². The molecule has 1 amide bonds. The van der Waals surface area contributed by atoms with Gasteiger partial charge in [-0.25, -0.2) is 4.99 Å². The predicted molar refractivity (Wildman–Crippen MR) is 134 cm³/mol. The zero-order valence-electron chi connectivity index (χ0n) is 17.6. The Bertz CT molecular complexity index is 819. The standard InChI is InChI=1S/C22H30N4O2S.HI/c1-3-23-22(25-14-20-11-4-16(2)29-20)24-13-12-17-5-9-19(10-6-17)28-15-21(27)26-18-7-8-18;/h4-6,9-11,18H,3,7-8,12-15H2,1-2H3,(H,26,27)(H2,23,24,25);1H. The van der Waals surface area contributed by atoms with Crippen LogP contribution in [0.4, 0.5) is 0 Å². The van der Waals surface area contributed by atoms with Crippen molar-refractivity contribution in [3.63, 3.8) is 0 Å². The molecule has 8 heteroatoms. The number of amides is 1. The number of nitrogens with zero attached hydrogens (tertiary/aromatic N) is 1. The van der Waals surface area contributed by atoms with Gasteiger partial charge in [-0.2, -0.15) is 0 Å². The SMILES string of the molecule is CCNC(=NCc1ccc(C)s1)NCCc1ccc(OCC(=O)NC2CC2)cc1.I. The van der Waals surface area contributed by atoms with Crippen molar-refractivity contribution in [2.45, 2.75) is 45.7 Å². The van der Waals surface area contributed by atoms with E-state index in [1.54, 1.807) is 11.3 Å². The highest BCUT2D eigenvalue weighted by atomic mass is 127. The maximum Gasteiger partial charge on any atom is 0.258 e. The molecule has 6 nitrogen and oxygen atoms in total. The maximum absolute atomic E-state index is 11.7. The van der Waals surface area contributed by atoms with Crippen LogP contribution in [0.2, 0.25) is 0 Å². The number of halogens is 1. The number of aryl methyl sites for hydroxylation is 1. The van der Waals surface area contributed by atoms with Gasteiger partial charge in [0, 0.05) is 28.9 Å². The molecule has 0 spiro atoms. The Kier molecular flexibility index (Phi) is 10.4. The van der Waals surface area contributed by atoms with Crippen LogP contribution in [-0.4, -0.2) is 37.6 Å². The summed E-state index contributed by atoms with van der Waals surface area (Å²) in [4.78, 5) is 18.9. The molecule has 0 radical (unpaired) electrons. The Balaban J connectivity index is 0.00000320. The van der Waals surface area contributed by atoms with Crippen molar-refractivity contribution in [2.24, 2.45) is 4.99 Å². The monoisotopic (exact) mass is 542 g/mol. The molecule has 1 aromatic heterocycles. The zero-order valence-corrected chi connectivity index (χ0v) is 20.7. The van der Waals surface area contributed by atoms with Gasteiger partial charge in [-0.1, -0.05) is 12.1 Å². The average Bonchev–Trinajstić information content (AvgIpc) is 3.43. The number of hydrogen-bond acceptors (Lipinski definition) is 4. The second-order valence-corrected chi connectivity index (χ2v) is 8.53. The van der Waals surface area contributed by atoms with Crippen molar-refractivity contribution in [2.75, 3.05) is 19.7 Å². The fraction of sp³-hybridized carbons (Fsp3) is 0.455. The normalized spacial score (nSPS) is 13.3. The van der Waals surface area contributed by atoms with E-state index < -0.39 is 0 Å². The van der Waals surface area contributed by atoms with Gasteiger partial charge in [-0.3, -0.25) is 4.79 Å². The summed E-state index contributed by atoms with van der Waals surface area (Å²) < 4.78 is 5.55. The summed E-state index contributed by atoms with van der Waals surface area (Å²) in [6, 6.07) is 12.5. The molecule has 0 unspecified atom stereocenters. The molecular weight excluding hydrogens is 511 g/mol. The highest BCUT2D eigenvalue weighted by molar-refractivity contribution is 14.0. The van der Waals surface area contributed by atoms with Gasteiger partial charge in [-0.05, 0) is 62.9 Å². The number of guanidine groups is 1. The summed E-state index contributed by atoms with van der Waals surface area (Å²) in [5, 5.41) is 9.59. The molecule has 3 rings (SSSR count). The number of thiophene rings is 1. The third-order valence-corrected chi connectivity index (χ3v) is 5.46. The topological polar surface area (TPSA) is 74.8 Å². The van der Waals surface area contributed by atoms with E-state index in [0.29, 0.717) is 18.3 Å². The molecule has 0 saturated heterocycles. The fourth-order valence-corrected chi connectivity index (χ4v) is 3.61. The third kappa shape index (κ3) is 8.91. The van der Waals surface area contributed by atoms with Gasteiger partial charge in [0.25, 0.3) is 5.91 Å². The zero-order chi connectivity index (χ0) is 20.5. The maximum atomic E-state index is 11.7. The molecule has 3 N–H and O–H groups in total. The molecule has 1 aromatic carbocycles. The summed E-state index contributed by atoms with van der Waals surface area (Å²) in [6.07, 6.45) is 3.05. The summed E-state index contributed by atoms with van der Waals surface area (Å²) in [7, 11) is 0. The number of aliphatic imine (C=N–C) groups is 1. The summed E-state index contributed by atoms with van der Waals surface area (Å²) >= 11 is 1.78. The van der Waals surface area contributed by atoms with E-state index in [9.17, 15) is 4.79 Å². The van der Waals surface area contributed by atoms with Crippen LogP contribution in [0.25, 0.3) is 0 Å². The molecule has 1 fully saturated rings. The molecule has 1 aliphatic rings. The second-order valence-electron chi connectivity index (χ2n) is 7.16. The lowest BCUT2D eigenvalue weighted by molar-refractivity contribution is -0.123. The highest BCUT2D eigenvalue weighted by Crippen LogP contribution is 2.18. The summed E-state index contributed by atoms with van der Waals surface area (Å²) in [5.41, 5.74) is 1.21. The lowest BCUT2D eigenvalue weighted by Gasteiger charge is -2.11. The molecule has 0 bridgehead atoms. The number of nitrogens with one attached hydrogen (secondary N) is 3.